The lowest BCUT2D eigenvalue weighted by atomic mass is 9.92. The van der Waals surface area contributed by atoms with Crippen molar-refractivity contribution >= 4 is 23.0 Å². The average Bonchev–Trinajstić information content (AvgIpc) is 2.36. The van der Waals surface area contributed by atoms with E-state index in [1.165, 1.54) is 17.3 Å². The van der Waals surface area contributed by atoms with Crippen LogP contribution in [-0.4, -0.2) is 28.1 Å². The van der Waals surface area contributed by atoms with Gasteiger partial charge in [-0.25, -0.2) is 4.79 Å². The summed E-state index contributed by atoms with van der Waals surface area (Å²) < 4.78 is 5.54. The van der Waals surface area contributed by atoms with Gasteiger partial charge in [-0.1, -0.05) is 53.5 Å². The monoisotopic (exact) mass is 355 g/mol. The van der Waals surface area contributed by atoms with Gasteiger partial charge in [-0.2, -0.15) is 0 Å². The minimum atomic E-state index is -0.462. The number of hydrogen-bond donors (Lipinski definition) is 1. The minimum absolute atomic E-state index is 0.0105. The number of allylic oxidation sites excluding steroid dienone is 1. The van der Waals surface area contributed by atoms with Gasteiger partial charge in [0.05, 0.1) is 6.04 Å². The smallest absolute Gasteiger partial charge is 0.368 e. The predicted molar refractivity (Wildman–Crippen MR) is 101 cm³/mol. The molecule has 2 unspecified atom stereocenters. The van der Waals surface area contributed by atoms with E-state index in [-0.39, 0.29) is 22.0 Å². The van der Waals surface area contributed by atoms with Crippen molar-refractivity contribution < 1.29 is 14.3 Å². The van der Waals surface area contributed by atoms with Crippen LogP contribution in [0.1, 0.15) is 74.1 Å². The predicted octanol–water partition coefficient (Wildman–Crippen LogP) is 5.07. The second-order valence-electron chi connectivity index (χ2n) is 8.64. The molecule has 0 aliphatic heterocycles. The van der Waals surface area contributed by atoms with Gasteiger partial charge in [-0.05, 0) is 44.0 Å². The molecule has 0 aromatic carbocycles. The Hall–Kier alpha value is -0.970. The first-order chi connectivity index (χ1) is 10.9. The summed E-state index contributed by atoms with van der Waals surface area (Å²) in [5, 5.41) is 2.81. The molecule has 0 aromatic rings. The zero-order valence-electron chi connectivity index (χ0n) is 16.2. The van der Waals surface area contributed by atoms with Gasteiger partial charge in [0.15, 0.2) is 0 Å². The van der Waals surface area contributed by atoms with E-state index >= 15 is 0 Å². The summed E-state index contributed by atoms with van der Waals surface area (Å²) in [6.45, 7) is 13.7. The minimum Gasteiger partial charge on any atom is -0.448 e. The quantitative estimate of drug-likeness (QED) is 0.555. The summed E-state index contributed by atoms with van der Waals surface area (Å²) in [7, 11) is 0. The highest BCUT2D eigenvalue weighted by molar-refractivity contribution is 8.14. The molecule has 0 radical (unpaired) electrons. The van der Waals surface area contributed by atoms with Crippen LogP contribution in [0.3, 0.4) is 0 Å². The highest BCUT2D eigenvalue weighted by Gasteiger charge is 2.31. The van der Waals surface area contributed by atoms with E-state index in [4.69, 9.17) is 4.74 Å². The second-order valence-corrected chi connectivity index (χ2v) is 10.4. The van der Waals surface area contributed by atoms with E-state index in [2.05, 4.69) is 12.2 Å². The van der Waals surface area contributed by atoms with E-state index in [1.807, 2.05) is 47.6 Å². The van der Waals surface area contributed by atoms with Crippen LogP contribution in [0.4, 0.5) is 4.79 Å². The Balaban J connectivity index is 2.91. The van der Waals surface area contributed by atoms with E-state index < -0.39 is 11.5 Å². The Morgan fingerprint density at radius 2 is 1.79 bits per heavy atom. The Kier molecular flexibility index (Phi) is 7.39. The van der Waals surface area contributed by atoms with Crippen molar-refractivity contribution in [2.75, 3.05) is 0 Å². The van der Waals surface area contributed by atoms with Gasteiger partial charge in [0, 0.05) is 10.2 Å². The first-order valence-electron chi connectivity index (χ1n) is 8.76. The summed E-state index contributed by atoms with van der Waals surface area (Å²) in [6.07, 6.45) is 5.55. The van der Waals surface area contributed by atoms with Crippen LogP contribution in [0, 0.1) is 5.41 Å². The summed E-state index contributed by atoms with van der Waals surface area (Å²) >= 11 is 1.19. The second kappa shape index (κ2) is 8.41. The molecule has 138 valence electrons. The van der Waals surface area contributed by atoms with Crippen molar-refractivity contribution in [1.29, 1.82) is 0 Å². The van der Waals surface area contributed by atoms with Crippen LogP contribution in [0.15, 0.2) is 11.6 Å². The number of carbonyl (C=O) groups is 2. The van der Waals surface area contributed by atoms with Gasteiger partial charge < -0.3 is 10.1 Å². The maximum atomic E-state index is 12.4. The van der Waals surface area contributed by atoms with Crippen LogP contribution in [-0.2, 0) is 9.53 Å². The lowest BCUT2D eigenvalue weighted by molar-refractivity contribution is -0.130. The summed E-state index contributed by atoms with van der Waals surface area (Å²) in [5.74, 6) is -0.0105. The molecule has 0 saturated carbocycles. The maximum Gasteiger partial charge on any atom is 0.368 e. The number of nitrogens with one attached hydrogen (secondary N) is 1. The van der Waals surface area contributed by atoms with E-state index in [1.54, 1.807) is 0 Å². The molecule has 0 spiro atoms. The molecule has 24 heavy (non-hydrogen) atoms. The normalized spacial score (nSPS) is 25.0. The third-order valence-corrected chi connectivity index (χ3v) is 4.68. The number of hydrogen-bond acceptors (Lipinski definition) is 4. The first-order valence-corrected chi connectivity index (χ1v) is 9.58. The Bertz CT molecular complexity index is 486. The van der Waals surface area contributed by atoms with Gasteiger partial charge in [-0.3, -0.25) is 4.79 Å². The summed E-state index contributed by atoms with van der Waals surface area (Å²) in [5.41, 5.74) is 0.749. The van der Waals surface area contributed by atoms with Crippen molar-refractivity contribution in [2.24, 2.45) is 5.41 Å². The molecular weight excluding hydrogens is 322 g/mol. The molecule has 1 N–H and O–H groups in total. The van der Waals surface area contributed by atoms with Gasteiger partial charge in [0.1, 0.15) is 6.10 Å². The number of amides is 1. The van der Waals surface area contributed by atoms with E-state index in [0.717, 1.165) is 25.7 Å². The topological polar surface area (TPSA) is 55.4 Å². The average molecular weight is 356 g/mol. The maximum absolute atomic E-state index is 12.4. The lowest BCUT2D eigenvalue weighted by Crippen LogP contribution is -2.48. The number of ether oxygens (including phenoxy) is 1. The van der Waals surface area contributed by atoms with Crippen LogP contribution < -0.4 is 5.32 Å². The largest absolute Gasteiger partial charge is 0.448 e. The molecule has 0 fully saturated rings. The van der Waals surface area contributed by atoms with Crippen molar-refractivity contribution in [3.05, 3.63) is 11.6 Å². The van der Waals surface area contributed by atoms with Crippen LogP contribution in [0.5, 0.6) is 0 Å². The molecular formula is C19H33NO3S. The number of rotatable bonds is 2. The van der Waals surface area contributed by atoms with Crippen molar-refractivity contribution in [3.63, 3.8) is 0 Å². The Morgan fingerprint density at radius 3 is 2.33 bits per heavy atom. The first kappa shape index (κ1) is 21.1. The highest BCUT2D eigenvalue weighted by atomic mass is 32.2. The molecule has 0 bridgehead atoms. The van der Waals surface area contributed by atoms with Gasteiger partial charge in [0.25, 0.3) is 0 Å². The summed E-state index contributed by atoms with van der Waals surface area (Å²) in [6, 6.07) is -0.170. The lowest BCUT2D eigenvalue weighted by Gasteiger charge is -2.31. The van der Waals surface area contributed by atoms with Gasteiger partial charge in [0.2, 0.25) is 5.91 Å². The fourth-order valence-corrected chi connectivity index (χ4v) is 3.11. The fraction of sp³-hybridized carbons (Fsp3) is 0.789. The number of thioether (sulfide) groups is 1. The molecule has 0 aromatic heterocycles. The van der Waals surface area contributed by atoms with Crippen molar-refractivity contribution in [2.45, 2.75) is 91.0 Å². The standard InChI is InChI=1S/C19H33NO3S/c1-13-10-8-9-11-14(20-16(21)18(2,3)4)15(12-13)23-17(22)24-19(5,6)7/h12,14-15H,8-11H2,1-7H3,(H,20,21)/b13-12+. The molecule has 1 aliphatic rings. The zero-order valence-corrected chi connectivity index (χ0v) is 17.0. The molecule has 0 heterocycles. The van der Waals surface area contributed by atoms with Crippen molar-refractivity contribution in [3.8, 4) is 0 Å². The van der Waals surface area contributed by atoms with Crippen LogP contribution in [0.2, 0.25) is 0 Å². The zero-order chi connectivity index (χ0) is 18.5. The summed E-state index contributed by atoms with van der Waals surface area (Å²) in [4.78, 5) is 24.7. The molecule has 1 rings (SSSR count). The van der Waals surface area contributed by atoms with Crippen LogP contribution in [0.25, 0.3) is 0 Å². The van der Waals surface area contributed by atoms with E-state index in [0.29, 0.717) is 0 Å². The third-order valence-electron chi connectivity index (χ3n) is 3.80. The third kappa shape index (κ3) is 7.73. The van der Waals surface area contributed by atoms with Crippen molar-refractivity contribution in [1.82, 2.24) is 5.32 Å². The van der Waals surface area contributed by atoms with Crippen LogP contribution >= 0.6 is 11.8 Å². The molecule has 1 amide bonds. The van der Waals surface area contributed by atoms with E-state index in [9.17, 15) is 9.59 Å². The SMILES string of the molecule is C/C1=C\C(OC(=O)SC(C)(C)C)C(NC(=O)C(C)(C)C)CCCC1. The van der Waals surface area contributed by atoms with Gasteiger partial charge in [-0.15, -0.1) is 0 Å². The molecule has 5 heteroatoms. The highest BCUT2D eigenvalue weighted by Crippen LogP contribution is 2.28. The molecule has 4 nitrogen and oxygen atoms in total. The fourth-order valence-electron chi connectivity index (χ4n) is 2.45. The number of carbonyl (C=O) groups excluding carboxylic acids is 2. The molecule has 2 atom stereocenters. The van der Waals surface area contributed by atoms with Gasteiger partial charge >= 0.3 is 5.30 Å². The Labute approximate surface area is 151 Å². The molecule has 1 aliphatic carbocycles. The molecule has 0 saturated heterocycles. The Morgan fingerprint density at radius 1 is 1.17 bits per heavy atom.